The van der Waals surface area contributed by atoms with E-state index in [0.29, 0.717) is 10.6 Å². The first-order valence-electron chi connectivity index (χ1n) is 5.91. The number of hydrogen-bond acceptors (Lipinski definition) is 4. The van der Waals surface area contributed by atoms with Crippen LogP contribution in [0.4, 0.5) is 11.4 Å². The predicted octanol–water partition coefficient (Wildman–Crippen LogP) is 4.17. The summed E-state index contributed by atoms with van der Waals surface area (Å²) in [5.41, 5.74) is 0.886. The highest BCUT2D eigenvalue weighted by Crippen LogP contribution is 2.28. The Morgan fingerprint density at radius 2 is 2.00 bits per heavy atom. The van der Waals surface area contributed by atoms with Crippen molar-refractivity contribution in [3.63, 3.8) is 0 Å². The smallest absolute Gasteiger partial charge is 0.283 e. The van der Waals surface area contributed by atoms with Crippen molar-refractivity contribution in [1.29, 1.82) is 0 Å². The number of halogens is 1. The third-order valence-corrected chi connectivity index (χ3v) is 4.49. The predicted molar refractivity (Wildman–Crippen MR) is 92.0 cm³/mol. The van der Waals surface area contributed by atoms with Gasteiger partial charge in [-0.25, -0.2) is 0 Å². The fourth-order valence-electron chi connectivity index (χ4n) is 1.73. The summed E-state index contributed by atoms with van der Waals surface area (Å²) in [6, 6.07) is 11.8. The molecule has 1 amide bonds. The monoisotopic (exact) mass is 414 g/mol. The largest absolute Gasteiger partial charge is 0.321 e. The average molecular weight is 414 g/mol. The highest BCUT2D eigenvalue weighted by atomic mass is 127. The molecular formula is C14H11IN2O3S. The first kappa shape index (κ1) is 15.8. The Morgan fingerprint density at radius 3 is 2.62 bits per heavy atom. The minimum absolute atomic E-state index is 0.0575. The Hall–Kier alpha value is -1.61. The summed E-state index contributed by atoms with van der Waals surface area (Å²) in [6.45, 7) is 0. The lowest BCUT2D eigenvalue weighted by atomic mass is 10.2. The summed E-state index contributed by atoms with van der Waals surface area (Å²) in [7, 11) is 0. The Morgan fingerprint density at radius 1 is 1.29 bits per heavy atom. The maximum Gasteiger partial charge on any atom is 0.283 e. The van der Waals surface area contributed by atoms with E-state index in [1.807, 2.05) is 18.2 Å². The summed E-state index contributed by atoms with van der Waals surface area (Å²) < 4.78 is 0.902. The third-order valence-electron chi connectivity index (χ3n) is 2.76. The molecule has 0 heterocycles. The molecule has 7 heteroatoms. The molecule has 2 aromatic rings. The van der Waals surface area contributed by atoms with Crippen molar-refractivity contribution in [2.75, 3.05) is 11.6 Å². The molecule has 0 aliphatic heterocycles. The van der Waals surface area contributed by atoms with Gasteiger partial charge < -0.3 is 5.32 Å². The third kappa shape index (κ3) is 3.73. The molecule has 0 aliphatic rings. The number of para-hydroxylation sites is 1. The van der Waals surface area contributed by atoms with Crippen LogP contribution in [0.25, 0.3) is 0 Å². The van der Waals surface area contributed by atoms with Crippen LogP contribution >= 0.6 is 34.4 Å². The normalized spacial score (nSPS) is 10.2. The van der Waals surface area contributed by atoms with E-state index in [1.165, 1.54) is 17.8 Å². The van der Waals surface area contributed by atoms with Crippen molar-refractivity contribution >= 4 is 51.6 Å². The number of hydrogen-bond donors (Lipinski definition) is 1. The van der Waals surface area contributed by atoms with Crippen LogP contribution < -0.4 is 5.32 Å². The number of amides is 1. The molecule has 2 aromatic carbocycles. The molecule has 1 N–H and O–H groups in total. The maximum absolute atomic E-state index is 12.2. The van der Waals surface area contributed by atoms with E-state index >= 15 is 0 Å². The van der Waals surface area contributed by atoms with Gasteiger partial charge in [0.25, 0.3) is 11.6 Å². The lowest BCUT2D eigenvalue weighted by Crippen LogP contribution is -2.13. The number of nitrogens with one attached hydrogen (secondary N) is 1. The number of carbonyl (C=O) groups excluding carboxylic acids is 1. The second kappa shape index (κ2) is 6.90. The molecule has 0 aliphatic carbocycles. The molecule has 5 nitrogen and oxygen atoms in total. The molecule has 0 unspecified atom stereocenters. The van der Waals surface area contributed by atoms with Gasteiger partial charge in [-0.15, -0.1) is 11.8 Å². The van der Waals surface area contributed by atoms with Crippen molar-refractivity contribution < 1.29 is 9.72 Å². The minimum atomic E-state index is -0.477. The van der Waals surface area contributed by atoms with E-state index in [0.717, 1.165) is 3.57 Å². The van der Waals surface area contributed by atoms with Gasteiger partial charge in [-0.05, 0) is 53.1 Å². The molecule has 0 saturated heterocycles. The van der Waals surface area contributed by atoms with Crippen LogP contribution in [0, 0.1) is 13.7 Å². The maximum atomic E-state index is 12.2. The second-order valence-electron chi connectivity index (χ2n) is 4.08. The summed E-state index contributed by atoms with van der Waals surface area (Å²) in [4.78, 5) is 23.3. The average Bonchev–Trinajstić information content (AvgIpc) is 2.48. The first-order valence-corrected chi connectivity index (χ1v) is 8.21. The zero-order valence-corrected chi connectivity index (χ0v) is 14.0. The Balaban J connectivity index is 2.30. The van der Waals surface area contributed by atoms with Crippen molar-refractivity contribution in [3.8, 4) is 0 Å². The number of anilines is 1. The van der Waals surface area contributed by atoms with E-state index < -0.39 is 4.92 Å². The van der Waals surface area contributed by atoms with Gasteiger partial charge in [-0.3, -0.25) is 14.9 Å². The zero-order valence-electron chi connectivity index (χ0n) is 11.0. The SMILES string of the molecule is CSc1ccc(C(=O)Nc2ccccc2I)cc1[N+](=O)[O-]. The fraction of sp³-hybridized carbons (Fsp3) is 0.0714. The topological polar surface area (TPSA) is 72.2 Å². The molecular weight excluding hydrogens is 403 g/mol. The number of thioether (sulfide) groups is 1. The van der Waals surface area contributed by atoms with E-state index in [2.05, 4.69) is 27.9 Å². The second-order valence-corrected chi connectivity index (χ2v) is 6.09. The Bertz CT molecular complexity index is 706. The Kier molecular flexibility index (Phi) is 5.18. The van der Waals surface area contributed by atoms with Gasteiger partial charge in [-0.1, -0.05) is 12.1 Å². The molecule has 0 spiro atoms. The van der Waals surface area contributed by atoms with Crippen molar-refractivity contribution in [2.24, 2.45) is 0 Å². The van der Waals surface area contributed by atoms with Crippen molar-refractivity contribution in [2.45, 2.75) is 4.90 Å². The van der Waals surface area contributed by atoms with Crippen LogP contribution in [-0.4, -0.2) is 17.1 Å². The quantitative estimate of drug-likeness (QED) is 0.353. The van der Waals surface area contributed by atoms with Gasteiger partial charge in [0.2, 0.25) is 0 Å². The van der Waals surface area contributed by atoms with E-state index in [9.17, 15) is 14.9 Å². The lowest BCUT2D eigenvalue weighted by Gasteiger charge is -2.08. The zero-order chi connectivity index (χ0) is 15.4. The summed E-state index contributed by atoms with van der Waals surface area (Å²) in [5.74, 6) is -0.366. The van der Waals surface area contributed by atoms with Crippen LogP contribution in [0.3, 0.4) is 0 Å². The van der Waals surface area contributed by atoms with E-state index in [1.54, 1.807) is 24.5 Å². The number of benzene rings is 2. The number of nitro benzene ring substituents is 1. The summed E-state index contributed by atoms with van der Waals surface area (Å²) in [5, 5.41) is 13.8. The molecule has 0 radical (unpaired) electrons. The molecule has 0 fully saturated rings. The standard InChI is InChI=1S/C14H11IN2O3S/c1-21-13-7-6-9(8-12(13)17(19)20)14(18)16-11-5-3-2-4-10(11)15/h2-8H,1H3,(H,16,18). The molecule has 0 bridgehead atoms. The fourth-order valence-corrected chi connectivity index (χ4v) is 2.80. The van der Waals surface area contributed by atoms with Crippen LogP contribution in [0.1, 0.15) is 10.4 Å². The number of nitro groups is 1. The van der Waals surface area contributed by atoms with Gasteiger partial charge in [0.15, 0.2) is 0 Å². The van der Waals surface area contributed by atoms with Crippen LogP contribution in [0.2, 0.25) is 0 Å². The van der Waals surface area contributed by atoms with E-state index in [4.69, 9.17) is 0 Å². The van der Waals surface area contributed by atoms with Crippen molar-refractivity contribution in [3.05, 3.63) is 61.7 Å². The minimum Gasteiger partial charge on any atom is -0.321 e. The highest BCUT2D eigenvalue weighted by Gasteiger charge is 2.17. The van der Waals surface area contributed by atoms with Crippen molar-refractivity contribution in [1.82, 2.24) is 0 Å². The Labute approximate surface area is 139 Å². The summed E-state index contributed by atoms with van der Waals surface area (Å²) >= 11 is 3.39. The molecule has 0 aromatic heterocycles. The number of carbonyl (C=O) groups is 1. The summed E-state index contributed by atoms with van der Waals surface area (Å²) in [6.07, 6.45) is 1.76. The number of nitrogens with zero attached hydrogens (tertiary/aromatic N) is 1. The van der Waals surface area contributed by atoms with Crippen LogP contribution in [0.5, 0.6) is 0 Å². The van der Waals surface area contributed by atoms with Gasteiger partial charge in [0.05, 0.1) is 15.5 Å². The molecule has 0 saturated carbocycles. The van der Waals surface area contributed by atoms with Gasteiger partial charge in [0.1, 0.15) is 0 Å². The number of rotatable bonds is 4. The van der Waals surface area contributed by atoms with Crippen LogP contribution in [0.15, 0.2) is 47.4 Å². The molecule has 21 heavy (non-hydrogen) atoms. The molecule has 108 valence electrons. The van der Waals surface area contributed by atoms with Gasteiger partial charge in [-0.2, -0.15) is 0 Å². The van der Waals surface area contributed by atoms with Crippen LogP contribution in [-0.2, 0) is 0 Å². The highest BCUT2D eigenvalue weighted by molar-refractivity contribution is 14.1. The lowest BCUT2D eigenvalue weighted by molar-refractivity contribution is -0.387. The molecule has 0 atom stereocenters. The molecule has 2 rings (SSSR count). The van der Waals surface area contributed by atoms with Gasteiger partial charge in [0, 0.05) is 15.2 Å². The first-order chi connectivity index (χ1) is 10.0. The van der Waals surface area contributed by atoms with Gasteiger partial charge >= 0.3 is 0 Å². The van der Waals surface area contributed by atoms with E-state index in [-0.39, 0.29) is 17.2 Å².